The monoisotopic (exact) mass is 407 g/mol. The predicted molar refractivity (Wildman–Crippen MR) is 119 cm³/mol. The first kappa shape index (κ1) is 20.8. The van der Waals surface area contributed by atoms with Crippen LogP contribution in [0.25, 0.3) is 10.4 Å². The van der Waals surface area contributed by atoms with Gasteiger partial charge in [-0.3, -0.25) is 4.79 Å². The zero-order valence-corrected chi connectivity index (χ0v) is 17.9. The molecule has 0 saturated carbocycles. The molecule has 150 valence electrons. The molecule has 4 nitrogen and oxygen atoms in total. The Bertz CT molecular complexity index is 999. The molecular weight excluding hydrogens is 382 g/mol. The van der Waals surface area contributed by atoms with Crippen molar-refractivity contribution in [3.05, 3.63) is 77.4 Å². The predicted octanol–water partition coefficient (Wildman–Crippen LogP) is 6.14. The molecule has 2 aromatic carbocycles. The number of ether oxygens (including phenoxy) is 1. The summed E-state index contributed by atoms with van der Waals surface area (Å²) in [5.41, 5.74) is 3.07. The maximum absolute atomic E-state index is 12.8. The van der Waals surface area contributed by atoms with Crippen molar-refractivity contribution in [1.82, 2.24) is 0 Å². The van der Waals surface area contributed by atoms with Crippen LogP contribution in [0.2, 0.25) is 0 Å². The lowest BCUT2D eigenvalue weighted by atomic mass is 9.87. The Balaban J connectivity index is 1.89. The molecule has 0 radical (unpaired) electrons. The normalized spacial score (nSPS) is 11.2. The number of thiophene rings is 1. The van der Waals surface area contributed by atoms with Gasteiger partial charge in [0.2, 0.25) is 0 Å². The van der Waals surface area contributed by atoms with E-state index in [1.165, 1.54) is 11.3 Å². The number of anilines is 1. The Hall–Kier alpha value is -2.92. The van der Waals surface area contributed by atoms with Gasteiger partial charge >= 0.3 is 5.97 Å². The van der Waals surface area contributed by atoms with Crippen LogP contribution in [0.1, 0.15) is 54.0 Å². The van der Waals surface area contributed by atoms with E-state index in [4.69, 9.17) is 4.74 Å². The number of esters is 1. The van der Waals surface area contributed by atoms with E-state index in [1.807, 2.05) is 54.6 Å². The van der Waals surface area contributed by atoms with E-state index in [0.717, 1.165) is 16.0 Å². The number of carbonyl (C=O) groups is 2. The third-order valence-electron chi connectivity index (χ3n) is 4.53. The van der Waals surface area contributed by atoms with Crippen LogP contribution in [0.5, 0.6) is 0 Å². The van der Waals surface area contributed by atoms with Crippen LogP contribution in [-0.2, 0) is 10.2 Å². The van der Waals surface area contributed by atoms with Crippen molar-refractivity contribution in [3.63, 3.8) is 0 Å². The van der Waals surface area contributed by atoms with Crippen molar-refractivity contribution in [2.24, 2.45) is 0 Å². The highest BCUT2D eigenvalue weighted by Crippen LogP contribution is 2.36. The van der Waals surface area contributed by atoms with Gasteiger partial charge in [0, 0.05) is 10.4 Å². The van der Waals surface area contributed by atoms with Crippen LogP contribution in [0.3, 0.4) is 0 Å². The van der Waals surface area contributed by atoms with E-state index in [0.29, 0.717) is 16.1 Å². The Kier molecular flexibility index (Phi) is 6.18. The molecule has 0 aliphatic carbocycles. The molecule has 5 heteroatoms. The number of rotatable bonds is 5. The maximum Gasteiger partial charge on any atom is 0.341 e. The minimum absolute atomic E-state index is 0.0183. The second-order valence-corrected chi connectivity index (χ2v) is 8.77. The third-order valence-corrected chi connectivity index (χ3v) is 5.63. The van der Waals surface area contributed by atoms with Crippen LogP contribution in [0.4, 0.5) is 5.00 Å². The molecule has 0 unspecified atom stereocenters. The van der Waals surface area contributed by atoms with Gasteiger partial charge in [0.15, 0.2) is 0 Å². The van der Waals surface area contributed by atoms with E-state index in [2.05, 4.69) is 26.1 Å². The molecule has 29 heavy (non-hydrogen) atoms. The van der Waals surface area contributed by atoms with Crippen LogP contribution in [0, 0.1) is 0 Å². The first-order valence-corrected chi connectivity index (χ1v) is 10.4. The molecule has 0 aliphatic heterocycles. The largest absolute Gasteiger partial charge is 0.462 e. The van der Waals surface area contributed by atoms with Crippen molar-refractivity contribution in [2.45, 2.75) is 33.1 Å². The number of hydrogen-bond donors (Lipinski definition) is 1. The summed E-state index contributed by atoms with van der Waals surface area (Å²) in [6.07, 6.45) is 0. The number of carbonyl (C=O) groups excluding carboxylic acids is 2. The minimum atomic E-state index is -0.440. The summed E-state index contributed by atoms with van der Waals surface area (Å²) in [6, 6.07) is 19.1. The number of hydrogen-bond acceptors (Lipinski definition) is 4. The average Bonchev–Trinajstić information content (AvgIpc) is 3.12. The van der Waals surface area contributed by atoms with E-state index >= 15 is 0 Å². The lowest BCUT2D eigenvalue weighted by Gasteiger charge is -2.19. The zero-order chi connectivity index (χ0) is 21.0. The highest BCUT2D eigenvalue weighted by atomic mass is 32.1. The molecule has 1 amide bonds. The first-order valence-electron chi connectivity index (χ1n) is 9.58. The maximum atomic E-state index is 12.8. The van der Waals surface area contributed by atoms with Crippen molar-refractivity contribution in [1.29, 1.82) is 0 Å². The standard InChI is InChI=1S/C24H25NO3S/c1-5-28-23(27)19-15-20(16-9-7-6-8-10-16)29-22(19)25-21(26)17-11-13-18(14-12-17)24(2,3)4/h6-15H,5H2,1-4H3,(H,25,26). The Morgan fingerprint density at radius 3 is 2.24 bits per heavy atom. The van der Waals surface area contributed by atoms with Crippen molar-refractivity contribution in [3.8, 4) is 10.4 Å². The summed E-state index contributed by atoms with van der Waals surface area (Å²) >= 11 is 1.36. The average molecular weight is 408 g/mol. The van der Waals surface area contributed by atoms with Gasteiger partial charge in [-0.1, -0.05) is 63.2 Å². The summed E-state index contributed by atoms with van der Waals surface area (Å²) < 4.78 is 5.17. The topological polar surface area (TPSA) is 55.4 Å². The van der Waals surface area contributed by atoms with Gasteiger partial charge in [0.05, 0.1) is 12.2 Å². The summed E-state index contributed by atoms with van der Waals surface area (Å²) in [5.74, 6) is -0.693. The third kappa shape index (κ3) is 4.93. The quantitative estimate of drug-likeness (QED) is 0.517. The molecule has 0 spiro atoms. The summed E-state index contributed by atoms with van der Waals surface area (Å²) in [5, 5.41) is 3.39. The van der Waals surface area contributed by atoms with Crippen LogP contribution < -0.4 is 5.32 Å². The lowest BCUT2D eigenvalue weighted by molar-refractivity contribution is 0.0528. The van der Waals surface area contributed by atoms with Crippen LogP contribution >= 0.6 is 11.3 Å². The fourth-order valence-corrected chi connectivity index (χ4v) is 3.93. The van der Waals surface area contributed by atoms with E-state index < -0.39 is 5.97 Å². The Morgan fingerprint density at radius 2 is 1.66 bits per heavy atom. The molecule has 0 bridgehead atoms. The van der Waals surface area contributed by atoms with Gasteiger partial charge in [-0.15, -0.1) is 11.3 Å². The number of amides is 1. The van der Waals surface area contributed by atoms with Gasteiger partial charge in [0.1, 0.15) is 5.00 Å². The molecule has 0 saturated heterocycles. The van der Waals surface area contributed by atoms with Gasteiger partial charge in [-0.05, 0) is 41.7 Å². The molecule has 0 fully saturated rings. The molecular formula is C24H25NO3S. The van der Waals surface area contributed by atoms with Crippen molar-refractivity contribution in [2.75, 3.05) is 11.9 Å². The second kappa shape index (κ2) is 8.62. The smallest absolute Gasteiger partial charge is 0.341 e. The molecule has 1 aromatic heterocycles. The zero-order valence-electron chi connectivity index (χ0n) is 17.1. The molecule has 0 atom stereocenters. The van der Waals surface area contributed by atoms with E-state index in [9.17, 15) is 9.59 Å². The summed E-state index contributed by atoms with van der Waals surface area (Å²) in [6.45, 7) is 8.42. The Labute approximate surface area is 175 Å². The molecule has 0 aliphatic rings. The molecule has 1 heterocycles. The fourth-order valence-electron chi connectivity index (χ4n) is 2.89. The van der Waals surface area contributed by atoms with Gasteiger partial charge < -0.3 is 10.1 Å². The summed E-state index contributed by atoms with van der Waals surface area (Å²) in [7, 11) is 0. The molecule has 3 rings (SSSR count). The molecule has 3 aromatic rings. The van der Waals surface area contributed by atoms with Crippen LogP contribution in [-0.4, -0.2) is 18.5 Å². The Morgan fingerprint density at radius 1 is 1.00 bits per heavy atom. The van der Waals surface area contributed by atoms with Gasteiger partial charge in [-0.2, -0.15) is 0 Å². The highest BCUT2D eigenvalue weighted by Gasteiger charge is 2.21. The number of nitrogens with one attached hydrogen (secondary N) is 1. The lowest BCUT2D eigenvalue weighted by Crippen LogP contribution is -2.15. The fraction of sp³-hybridized carbons (Fsp3) is 0.250. The second-order valence-electron chi connectivity index (χ2n) is 7.72. The van der Waals surface area contributed by atoms with Crippen molar-refractivity contribution >= 4 is 28.2 Å². The minimum Gasteiger partial charge on any atom is -0.462 e. The van der Waals surface area contributed by atoms with Crippen LogP contribution in [0.15, 0.2) is 60.7 Å². The van der Waals surface area contributed by atoms with E-state index in [1.54, 1.807) is 13.0 Å². The van der Waals surface area contributed by atoms with E-state index in [-0.39, 0.29) is 17.9 Å². The highest BCUT2D eigenvalue weighted by molar-refractivity contribution is 7.20. The molecule has 1 N–H and O–H groups in total. The number of benzene rings is 2. The van der Waals surface area contributed by atoms with Crippen molar-refractivity contribution < 1.29 is 14.3 Å². The SMILES string of the molecule is CCOC(=O)c1cc(-c2ccccc2)sc1NC(=O)c1ccc(C(C)(C)C)cc1. The van der Waals surface area contributed by atoms with Gasteiger partial charge in [-0.25, -0.2) is 4.79 Å². The van der Waals surface area contributed by atoms with Gasteiger partial charge in [0.25, 0.3) is 5.91 Å². The first-order chi connectivity index (χ1) is 13.8. The summed E-state index contributed by atoms with van der Waals surface area (Å²) in [4.78, 5) is 26.1.